The van der Waals surface area contributed by atoms with Gasteiger partial charge in [-0.3, -0.25) is 4.68 Å². The van der Waals surface area contributed by atoms with Crippen molar-refractivity contribution >= 4 is 5.97 Å². The van der Waals surface area contributed by atoms with Crippen LogP contribution in [0.2, 0.25) is 0 Å². The van der Waals surface area contributed by atoms with E-state index in [4.69, 9.17) is 9.47 Å². The summed E-state index contributed by atoms with van der Waals surface area (Å²) >= 11 is 0. The van der Waals surface area contributed by atoms with Gasteiger partial charge in [-0.05, 0) is 37.6 Å². The average Bonchev–Trinajstić information content (AvgIpc) is 2.81. The first-order valence-electron chi connectivity index (χ1n) is 6.48. The van der Waals surface area contributed by atoms with Crippen LogP contribution in [0.3, 0.4) is 0 Å². The summed E-state index contributed by atoms with van der Waals surface area (Å²) in [5.74, 6) is 0.456. The number of ether oxygens (including phenoxy) is 2. The predicted molar refractivity (Wildman–Crippen MR) is 75.0 cm³/mol. The molecule has 2 rings (SSSR count). The molecule has 0 atom stereocenters. The molecule has 5 nitrogen and oxygen atoms in total. The van der Waals surface area contributed by atoms with Crippen molar-refractivity contribution in [2.45, 2.75) is 20.4 Å². The van der Waals surface area contributed by atoms with Gasteiger partial charge in [0, 0.05) is 0 Å². The maximum absolute atomic E-state index is 11.9. The fraction of sp³-hybridized carbons (Fsp3) is 0.333. The number of aromatic nitrogens is 2. The van der Waals surface area contributed by atoms with Crippen molar-refractivity contribution in [1.29, 1.82) is 0 Å². The molecule has 0 aliphatic rings. The number of carbonyl (C=O) groups excluding carboxylic acids is 1. The standard InChI is InChI=1S/C15H18N2O3/c1-4-20-15(18)14-9-11(2)16-17(14)10-12-5-7-13(19-3)8-6-12/h5-9H,4,10H2,1-3H3. The number of benzene rings is 1. The maximum Gasteiger partial charge on any atom is 0.356 e. The molecule has 5 heteroatoms. The maximum atomic E-state index is 11.9. The minimum absolute atomic E-state index is 0.346. The van der Waals surface area contributed by atoms with Crippen LogP contribution < -0.4 is 4.74 Å². The lowest BCUT2D eigenvalue weighted by atomic mass is 10.2. The monoisotopic (exact) mass is 274 g/mol. The third-order valence-electron chi connectivity index (χ3n) is 2.88. The SMILES string of the molecule is CCOC(=O)c1cc(C)nn1Cc1ccc(OC)cc1. The molecule has 0 saturated heterocycles. The number of rotatable bonds is 5. The van der Waals surface area contributed by atoms with E-state index in [1.54, 1.807) is 24.8 Å². The van der Waals surface area contributed by atoms with Gasteiger partial charge >= 0.3 is 5.97 Å². The molecule has 2 aromatic rings. The molecule has 0 radical (unpaired) electrons. The molecule has 0 saturated carbocycles. The normalized spacial score (nSPS) is 10.3. The van der Waals surface area contributed by atoms with Gasteiger partial charge in [-0.15, -0.1) is 0 Å². The Morgan fingerprint density at radius 3 is 2.60 bits per heavy atom. The molecule has 0 amide bonds. The minimum atomic E-state index is -0.346. The number of nitrogens with zero attached hydrogens (tertiary/aromatic N) is 2. The first-order valence-corrected chi connectivity index (χ1v) is 6.48. The van der Waals surface area contributed by atoms with E-state index in [2.05, 4.69) is 5.10 Å². The lowest BCUT2D eigenvalue weighted by Crippen LogP contribution is -2.14. The van der Waals surface area contributed by atoms with E-state index in [1.165, 1.54) is 0 Å². The van der Waals surface area contributed by atoms with Gasteiger partial charge < -0.3 is 9.47 Å². The first kappa shape index (κ1) is 14.1. The lowest BCUT2D eigenvalue weighted by Gasteiger charge is -2.07. The van der Waals surface area contributed by atoms with Crippen molar-refractivity contribution in [3.63, 3.8) is 0 Å². The Kier molecular flexibility index (Phi) is 4.40. The molecule has 0 aliphatic carbocycles. The summed E-state index contributed by atoms with van der Waals surface area (Å²) in [6.45, 7) is 4.51. The van der Waals surface area contributed by atoms with E-state index < -0.39 is 0 Å². The van der Waals surface area contributed by atoms with Gasteiger partial charge in [0.15, 0.2) is 0 Å². The van der Waals surface area contributed by atoms with Crippen molar-refractivity contribution in [3.8, 4) is 5.75 Å². The van der Waals surface area contributed by atoms with Crippen molar-refractivity contribution < 1.29 is 14.3 Å². The van der Waals surface area contributed by atoms with E-state index in [1.807, 2.05) is 31.2 Å². The molecule has 0 fully saturated rings. The quantitative estimate of drug-likeness (QED) is 0.786. The Morgan fingerprint density at radius 1 is 1.30 bits per heavy atom. The fourth-order valence-corrected chi connectivity index (χ4v) is 1.94. The highest BCUT2D eigenvalue weighted by Crippen LogP contribution is 2.14. The molecule has 0 aliphatic heterocycles. The summed E-state index contributed by atoms with van der Waals surface area (Å²) in [5, 5.41) is 4.34. The summed E-state index contributed by atoms with van der Waals surface area (Å²) in [7, 11) is 1.63. The predicted octanol–water partition coefficient (Wildman–Crippen LogP) is 2.43. The third-order valence-corrected chi connectivity index (χ3v) is 2.88. The second-order valence-electron chi connectivity index (χ2n) is 4.40. The molecule has 20 heavy (non-hydrogen) atoms. The van der Waals surface area contributed by atoms with Crippen molar-refractivity contribution in [3.05, 3.63) is 47.3 Å². The number of esters is 1. The largest absolute Gasteiger partial charge is 0.497 e. The van der Waals surface area contributed by atoms with Gasteiger partial charge in [-0.1, -0.05) is 12.1 Å². The van der Waals surface area contributed by atoms with Crippen molar-refractivity contribution in [2.24, 2.45) is 0 Å². The van der Waals surface area contributed by atoms with Crippen molar-refractivity contribution in [2.75, 3.05) is 13.7 Å². The Bertz CT molecular complexity index is 588. The Morgan fingerprint density at radius 2 is 2.00 bits per heavy atom. The van der Waals surface area contributed by atoms with Crippen LogP contribution in [-0.4, -0.2) is 29.5 Å². The molecule has 106 valence electrons. The number of aryl methyl sites for hydroxylation is 1. The van der Waals surface area contributed by atoms with E-state index in [0.717, 1.165) is 17.0 Å². The Balaban J connectivity index is 2.21. The number of carbonyl (C=O) groups is 1. The lowest BCUT2D eigenvalue weighted by molar-refractivity contribution is 0.0512. The van der Waals surface area contributed by atoms with Crippen LogP contribution in [0.1, 0.15) is 28.7 Å². The summed E-state index contributed by atoms with van der Waals surface area (Å²) in [6.07, 6.45) is 0. The van der Waals surface area contributed by atoms with Crippen LogP contribution in [0.25, 0.3) is 0 Å². The van der Waals surface area contributed by atoms with Gasteiger partial charge in [0.1, 0.15) is 11.4 Å². The van der Waals surface area contributed by atoms with Crippen LogP contribution in [0.4, 0.5) is 0 Å². The summed E-state index contributed by atoms with van der Waals surface area (Å²) in [5.41, 5.74) is 2.31. The molecular formula is C15H18N2O3. The van der Waals surface area contributed by atoms with Crippen LogP contribution in [-0.2, 0) is 11.3 Å². The van der Waals surface area contributed by atoms with Crippen LogP contribution in [0.15, 0.2) is 30.3 Å². The number of hydrogen-bond acceptors (Lipinski definition) is 4. The highest BCUT2D eigenvalue weighted by atomic mass is 16.5. The van der Waals surface area contributed by atoms with Gasteiger partial charge in [0.25, 0.3) is 0 Å². The fourth-order valence-electron chi connectivity index (χ4n) is 1.94. The zero-order valence-electron chi connectivity index (χ0n) is 11.9. The van der Waals surface area contributed by atoms with Crippen molar-refractivity contribution in [1.82, 2.24) is 9.78 Å². The molecule has 0 bridgehead atoms. The van der Waals surface area contributed by atoms with E-state index in [9.17, 15) is 4.79 Å². The summed E-state index contributed by atoms with van der Waals surface area (Å²) in [6, 6.07) is 9.41. The average molecular weight is 274 g/mol. The molecule has 1 aromatic heterocycles. The van der Waals surface area contributed by atoms with E-state index in [-0.39, 0.29) is 5.97 Å². The molecule has 0 unspecified atom stereocenters. The molecule has 0 spiro atoms. The van der Waals surface area contributed by atoms with Gasteiger partial charge in [-0.25, -0.2) is 4.79 Å². The molecule has 1 heterocycles. The third kappa shape index (κ3) is 3.17. The smallest absolute Gasteiger partial charge is 0.356 e. The van der Waals surface area contributed by atoms with Gasteiger partial charge in [0.2, 0.25) is 0 Å². The van der Waals surface area contributed by atoms with E-state index >= 15 is 0 Å². The topological polar surface area (TPSA) is 53.3 Å². The zero-order chi connectivity index (χ0) is 14.5. The summed E-state index contributed by atoms with van der Waals surface area (Å²) < 4.78 is 11.8. The summed E-state index contributed by atoms with van der Waals surface area (Å²) in [4.78, 5) is 11.9. The zero-order valence-corrected chi connectivity index (χ0v) is 11.9. The van der Waals surface area contributed by atoms with E-state index in [0.29, 0.717) is 18.8 Å². The molecular weight excluding hydrogens is 256 g/mol. The minimum Gasteiger partial charge on any atom is -0.497 e. The van der Waals surface area contributed by atoms with Gasteiger partial charge in [0.05, 0.1) is 26.0 Å². The van der Waals surface area contributed by atoms with Crippen LogP contribution >= 0.6 is 0 Å². The molecule has 1 aromatic carbocycles. The second kappa shape index (κ2) is 6.23. The number of methoxy groups -OCH3 is 1. The second-order valence-corrected chi connectivity index (χ2v) is 4.40. The first-order chi connectivity index (χ1) is 9.63. The van der Waals surface area contributed by atoms with Crippen LogP contribution in [0.5, 0.6) is 5.75 Å². The Hall–Kier alpha value is -2.30. The van der Waals surface area contributed by atoms with Crippen LogP contribution in [0, 0.1) is 6.92 Å². The van der Waals surface area contributed by atoms with Gasteiger partial charge in [-0.2, -0.15) is 5.10 Å². The highest BCUT2D eigenvalue weighted by Gasteiger charge is 2.15. The number of hydrogen-bond donors (Lipinski definition) is 0. The molecule has 0 N–H and O–H groups in total. The Labute approximate surface area is 118 Å². The highest BCUT2D eigenvalue weighted by molar-refractivity contribution is 5.87.